The van der Waals surface area contributed by atoms with Gasteiger partial charge in [-0.1, -0.05) is 13.3 Å². The van der Waals surface area contributed by atoms with Gasteiger partial charge in [0.25, 0.3) is 0 Å². The van der Waals surface area contributed by atoms with Crippen molar-refractivity contribution in [3.05, 3.63) is 11.8 Å². The van der Waals surface area contributed by atoms with Crippen LogP contribution in [0.15, 0.2) is 6.07 Å². The van der Waals surface area contributed by atoms with Crippen LogP contribution in [0.2, 0.25) is 0 Å². The summed E-state index contributed by atoms with van der Waals surface area (Å²) < 4.78 is 1.64. The topological polar surface area (TPSA) is 87.5 Å². The fourth-order valence-corrected chi connectivity index (χ4v) is 2.57. The fraction of sp³-hybridized carbons (Fsp3) is 0.643. The van der Waals surface area contributed by atoms with E-state index in [-0.39, 0.29) is 12.6 Å². The molecule has 21 heavy (non-hydrogen) atoms. The Labute approximate surface area is 123 Å². The third kappa shape index (κ3) is 3.74. The van der Waals surface area contributed by atoms with Gasteiger partial charge in [0.05, 0.1) is 11.6 Å². The SMILES string of the molecule is CCCc1cc(NC(=O)N2CCCC(C(=O)O)C2)n(C)n1. The number of carboxylic acid groups (broad SMARTS) is 1. The molecule has 2 heterocycles. The highest BCUT2D eigenvalue weighted by molar-refractivity contribution is 5.89. The molecule has 1 aromatic heterocycles. The Morgan fingerprint density at radius 3 is 2.95 bits per heavy atom. The number of aromatic nitrogens is 2. The van der Waals surface area contributed by atoms with E-state index >= 15 is 0 Å². The Morgan fingerprint density at radius 1 is 1.52 bits per heavy atom. The Balaban J connectivity index is 1.99. The summed E-state index contributed by atoms with van der Waals surface area (Å²) in [6.45, 7) is 2.93. The van der Waals surface area contributed by atoms with Crippen LogP contribution < -0.4 is 5.32 Å². The maximum absolute atomic E-state index is 12.2. The van der Waals surface area contributed by atoms with E-state index in [1.54, 1.807) is 16.6 Å². The molecule has 7 nitrogen and oxygen atoms in total. The van der Waals surface area contributed by atoms with Crippen LogP contribution in [-0.2, 0) is 18.3 Å². The molecular weight excluding hydrogens is 272 g/mol. The molecule has 116 valence electrons. The Hall–Kier alpha value is -2.05. The molecule has 2 amide bonds. The molecule has 0 radical (unpaired) electrons. The highest BCUT2D eigenvalue weighted by atomic mass is 16.4. The predicted molar refractivity (Wildman–Crippen MR) is 78.2 cm³/mol. The molecular formula is C14H22N4O3. The van der Waals surface area contributed by atoms with E-state index in [0.717, 1.165) is 25.0 Å². The van der Waals surface area contributed by atoms with Crippen molar-refractivity contribution in [3.63, 3.8) is 0 Å². The summed E-state index contributed by atoms with van der Waals surface area (Å²) >= 11 is 0. The quantitative estimate of drug-likeness (QED) is 0.884. The number of likely N-dealkylation sites (tertiary alicyclic amines) is 1. The maximum Gasteiger partial charge on any atom is 0.323 e. The Morgan fingerprint density at radius 2 is 2.29 bits per heavy atom. The minimum absolute atomic E-state index is 0.257. The largest absolute Gasteiger partial charge is 0.481 e. The summed E-state index contributed by atoms with van der Waals surface area (Å²) in [5, 5.41) is 16.2. The van der Waals surface area contributed by atoms with Crippen molar-refractivity contribution >= 4 is 17.8 Å². The van der Waals surface area contributed by atoms with Crippen molar-refractivity contribution in [2.24, 2.45) is 13.0 Å². The van der Waals surface area contributed by atoms with Gasteiger partial charge in [-0.3, -0.25) is 14.8 Å². The Bertz CT molecular complexity index is 526. The lowest BCUT2D eigenvalue weighted by Gasteiger charge is -2.30. The molecule has 0 aromatic carbocycles. The molecule has 1 atom stereocenters. The van der Waals surface area contributed by atoms with Gasteiger partial charge >= 0.3 is 12.0 Å². The van der Waals surface area contributed by atoms with Crippen molar-refractivity contribution in [2.75, 3.05) is 18.4 Å². The monoisotopic (exact) mass is 294 g/mol. The highest BCUT2D eigenvalue weighted by Crippen LogP contribution is 2.18. The van der Waals surface area contributed by atoms with Crippen LogP contribution in [0.25, 0.3) is 0 Å². The fourth-order valence-electron chi connectivity index (χ4n) is 2.57. The van der Waals surface area contributed by atoms with Crippen LogP contribution in [0.1, 0.15) is 31.9 Å². The number of anilines is 1. The molecule has 0 saturated carbocycles. The first-order valence-electron chi connectivity index (χ1n) is 7.33. The predicted octanol–water partition coefficient (Wildman–Crippen LogP) is 1.70. The van der Waals surface area contributed by atoms with Crippen molar-refractivity contribution < 1.29 is 14.7 Å². The molecule has 0 aliphatic carbocycles. The van der Waals surface area contributed by atoms with Crippen LogP contribution >= 0.6 is 0 Å². The van der Waals surface area contributed by atoms with E-state index in [9.17, 15) is 9.59 Å². The molecule has 1 aromatic rings. The van der Waals surface area contributed by atoms with Gasteiger partial charge in [0, 0.05) is 26.2 Å². The lowest BCUT2D eigenvalue weighted by Crippen LogP contribution is -2.44. The van der Waals surface area contributed by atoms with Gasteiger partial charge < -0.3 is 10.0 Å². The van der Waals surface area contributed by atoms with E-state index < -0.39 is 11.9 Å². The van der Waals surface area contributed by atoms with Gasteiger partial charge in [-0.25, -0.2) is 4.79 Å². The minimum atomic E-state index is -0.835. The number of piperidine rings is 1. The maximum atomic E-state index is 12.2. The van der Waals surface area contributed by atoms with Crippen LogP contribution in [0.4, 0.5) is 10.6 Å². The second-order valence-electron chi connectivity index (χ2n) is 5.45. The number of amides is 2. The molecule has 2 N–H and O–H groups in total. The molecule has 1 aliphatic rings. The standard InChI is InChI=1S/C14H22N4O3/c1-3-5-11-8-12(17(2)16-11)15-14(21)18-7-4-6-10(9-18)13(19)20/h8,10H,3-7,9H2,1-2H3,(H,15,21)(H,19,20). The molecule has 2 rings (SSSR count). The average molecular weight is 294 g/mol. The number of aryl methyl sites for hydroxylation is 2. The Kier molecular flexibility index (Phi) is 4.82. The molecule has 1 saturated heterocycles. The minimum Gasteiger partial charge on any atom is -0.481 e. The summed E-state index contributed by atoms with van der Waals surface area (Å²) in [5.41, 5.74) is 0.942. The normalized spacial score (nSPS) is 18.6. The van der Waals surface area contributed by atoms with E-state index in [1.807, 2.05) is 6.07 Å². The number of aliphatic carboxylic acids is 1. The molecule has 0 bridgehead atoms. The van der Waals surface area contributed by atoms with Gasteiger partial charge in [-0.2, -0.15) is 5.10 Å². The number of rotatable bonds is 4. The lowest BCUT2D eigenvalue weighted by molar-refractivity contribution is -0.143. The number of carbonyl (C=O) groups is 2. The van der Waals surface area contributed by atoms with Gasteiger partial charge in [-0.15, -0.1) is 0 Å². The smallest absolute Gasteiger partial charge is 0.323 e. The number of urea groups is 1. The van der Waals surface area contributed by atoms with E-state index in [2.05, 4.69) is 17.3 Å². The first kappa shape index (κ1) is 15.3. The van der Waals surface area contributed by atoms with Gasteiger partial charge in [0.15, 0.2) is 0 Å². The first-order valence-corrected chi connectivity index (χ1v) is 7.33. The number of hydrogen-bond acceptors (Lipinski definition) is 3. The lowest BCUT2D eigenvalue weighted by atomic mass is 9.99. The van der Waals surface area contributed by atoms with Crippen molar-refractivity contribution in [2.45, 2.75) is 32.6 Å². The van der Waals surface area contributed by atoms with Gasteiger partial charge in [-0.05, 0) is 19.3 Å². The average Bonchev–Trinajstić information content (AvgIpc) is 2.79. The van der Waals surface area contributed by atoms with Crippen molar-refractivity contribution in [1.29, 1.82) is 0 Å². The van der Waals surface area contributed by atoms with E-state index in [0.29, 0.717) is 18.8 Å². The third-order valence-corrected chi connectivity index (χ3v) is 3.73. The third-order valence-electron chi connectivity index (χ3n) is 3.73. The summed E-state index contributed by atoms with van der Waals surface area (Å²) in [7, 11) is 1.78. The summed E-state index contributed by atoms with van der Waals surface area (Å²) in [6, 6.07) is 1.60. The van der Waals surface area contributed by atoms with Crippen LogP contribution in [0.3, 0.4) is 0 Å². The van der Waals surface area contributed by atoms with Crippen molar-refractivity contribution in [1.82, 2.24) is 14.7 Å². The van der Waals surface area contributed by atoms with Gasteiger partial charge in [0.1, 0.15) is 5.82 Å². The van der Waals surface area contributed by atoms with Crippen LogP contribution in [0.5, 0.6) is 0 Å². The van der Waals surface area contributed by atoms with Crippen molar-refractivity contribution in [3.8, 4) is 0 Å². The molecule has 1 unspecified atom stereocenters. The van der Waals surface area contributed by atoms with E-state index in [1.165, 1.54) is 0 Å². The number of nitrogens with zero attached hydrogens (tertiary/aromatic N) is 3. The summed E-state index contributed by atoms with van der Waals surface area (Å²) in [4.78, 5) is 24.8. The molecule has 7 heteroatoms. The number of hydrogen-bond donors (Lipinski definition) is 2. The number of nitrogens with one attached hydrogen (secondary N) is 1. The zero-order chi connectivity index (χ0) is 15.4. The summed E-state index contributed by atoms with van der Waals surface area (Å²) in [5.74, 6) is -0.661. The number of carboxylic acids is 1. The van der Waals surface area contributed by atoms with E-state index in [4.69, 9.17) is 5.11 Å². The zero-order valence-electron chi connectivity index (χ0n) is 12.5. The van der Waals surface area contributed by atoms with Crippen LogP contribution in [0, 0.1) is 5.92 Å². The number of carbonyl (C=O) groups excluding carboxylic acids is 1. The molecule has 1 fully saturated rings. The molecule has 0 spiro atoms. The molecule has 1 aliphatic heterocycles. The van der Waals surface area contributed by atoms with Crippen LogP contribution in [-0.4, -0.2) is 44.9 Å². The van der Waals surface area contributed by atoms with Gasteiger partial charge in [0.2, 0.25) is 0 Å². The second-order valence-corrected chi connectivity index (χ2v) is 5.45. The first-order chi connectivity index (χ1) is 10.0. The summed E-state index contributed by atoms with van der Waals surface area (Å²) in [6.07, 6.45) is 3.22. The highest BCUT2D eigenvalue weighted by Gasteiger charge is 2.28. The second kappa shape index (κ2) is 6.60. The zero-order valence-corrected chi connectivity index (χ0v) is 12.5.